The van der Waals surface area contributed by atoms with Crippen molar-refractivity contribution in [2.45, 2.75) is 26.9 Å². The molecule has 2 aromatic rings. The van der Waals surface area contributed by atoms with E-state index in [1.54, 1.807) is 0 Å². The summed E-state index contributed by atoms with van der Waals surface area (Å²) in [7, 11) is 0. The molecular formula is C14H15BrN2O2. The van der Waals surface area contributed by atoms with Crippen molar-refractivity contribution in [2.24, 2.45) is 0 Å². The standard InChI is InChI=1S/C14H15BrN2O2/c1-8(2)19-14(18)12-9(3)16-13(17-12)10-6-4-5-7-11(10)15/h4-8H,1-3H3,(H,16,17). The summed E-state index contributed by atoms with van der Waals surface area (Å²) in [5, 5.41) is 0. The second kappa shape index (κ2) is 5.57. The molecule has 0 saturated carbocycles. The number of aromatic nitrogens is 2. The minimum atomic E-state index is -0.401. The van der Waals surface area contributed by atoms with Crippen molar-refractivity contribution in [1.29, 1.82) is 0 Å². The van der Waals surface area contributed by atoms with Crippen molar-refractivity contribution in [1.82, 2.24) is 9.97 Å². The summed E-state index contributed by atoms with van der Waals surface area (Å²) < 4.78 is 6.09. The van der Waals surface area contributed by atoms with Gasteiger partial charge in [-0.15, -0.1) is 0 Å². The summed E-state index contributed by atoms with van der Waals surface area (Å²) in [5.74, 6) is 0.253. The second-order valence-electron chi connectivity index (χ2n) is 4.49. The maximum Gasteiger partial charge on any atom is 0.359 e. The number of halogens is 1. The number of carbonyl (C=O) groups is 1. The van der Waals surface area contributed by atoms with Gasteiger partial charge in [0, 0.05) is 15.7 Å². The molecule has 2 rings (SSSR count). The highest BCUT2D eigenvalue weighted by Gasteiger charge is 2.18. The Morgan fingerprint density at radius 2 is 2.05 bits per heavy atom. The number of ether oxygens (including phenoxy) is 1. The predicted molar refractivity (Wildman–Crippen MR) is 77.0 cm³/mol. The number of hydrogen-bond acceptors (Lipinski definition) is 3. The van der Waals surface area contributed by atoms with Gasteiger partial charge in [0.05, 0.1) is 6.10 Å². The molecule has 0 radical (unpaired) electrons. The van der Waals surface area contributed by atoms with E-state index in [-0.39, 0.29) is 6.10 Å². The Morgan fingerprint density at radius 1 is 1.37 bits per heavy atom. The van der Waals surface area contributed by atoms with Crippen LogP contribution in [-0.4, -0.2) is 22.0 Å². The smallest absolute Gasteiger partial charge is 0.359 e. The molecule has 19 heavy (non-hydrogen) atoms. The van der Waals surface area contributed by atoms with E-state index in [1.165, 1.54) is 0 Å². The van der Waals surface area contributed by atoms with Crippen LogP contribution in [0.2, 0.25) is 0 Å². The zero-order valence-electron chi connectivity index (χ0n) is 11.0. The van der Waals surface area contributed by atoms with Crippen LogP contribution in [0.25, 0.3) is 11.4 Å². The quantitative estimate of drug-likeness (QED) is 0.876. The fraction of sp³-hybridized carbons (Fsp3) is 0.286. The molecule has 5 heteroatoms. The monoisotopic (exact) mass is 322 g/mol. The summed E-state index contributed by atoms with van der Waals surface area (Å²) in [5.41, 5.74) is 1.95. The lowest BCUT2D eigenvalue weighted by Crippen LogP contribution is -2.13. The molecule has 100 valence electrons. The third kappa shape index (κ3) is 3.04. The van der Waals surface area contributed by atoms with E-state index in [0.29, 0.717) is 17.2 Å². The first kappa shape index (κ1) is 13.8. The molecule has 0 saturated heterocycles. The summed E-state index contributed by atoms with van der Waals surface area (Å²) >= 11 is 3.47. The van der Waals surface area contributed by atoms with Crippen molar-refractivity contribution >= 4 is 21.9 Å². The molecule has 0 aliphatic carbocycles. The molecule has 0 fully saturated rings. The Kier molecular flexibility index (Phi) is 4.04. The van der Waals surface area contributed by atoms with E-state index in [2.05, 4.69) is 25.9 Å². The van der Waals surface area contributed by atoms with E-state index in [9.17, 15) is 4.79 Å². The van der Waals surface area contributed by atoms with Gasteiger partial charge in [0.2, 0.25) is 0 Å². The van der Waals surface area contributed by atoms with Gasteiger partial charge in [0.25, 0.3) is 0 Å². The van der Waals surface area contributed by atoms with Crippen molar-refractivity contribution in [3.05, 3.63) is 40.1 Å². The van der Waals surface area contributed by atoms with E-state index in [1.807, 2.05) is 45.0 Å². The first-order chi connectivity index (χ1) is 8.99. The maximum atomic E-state index is 11.9. The molecule has 0 spiro atoms. The van der Waals surface area contributed by atoms with Gasteiger partial charge in [-0.2, -0.15) is 0 Å². The first-order valence-electron chi connectivity index (χ1n) is 6.01. The van der Waals surface area contributed by atoms with E-state index in [0.717, 1.165) is 10.0 Å². The minimum Gasteiger partial charge on any atom is -0.458 e. The SMILES string of the molecule is Cc1[nH]c(-c2ccccc2Br)nc1C(=O)OC(C)C. The zero-order chi connectivity index (χ0) is 14.0. The van der Waals surface area contributed by atoms with Crippen molar-refractivity contribution < 1.29 is 9.53 Å². The number of carbonyl (C=O) groups excluding carboxylic acids is 1. The van der Waals surface area contributed by atoms with Crippen LogP contribution in [0.15, 0.2) is 28.7 Å². The molecule has 0 amide bonds. The second-order valence-corrected chi connectivity index (χ2v) is 5.35. The van der Waals surface area contributed by atoms with Crippen LogP contribution in [-0.2, 0) is 4.74 Å². The molecule has 1 aromatic carbocycles. The summed E-state index contributed by atoms with van der Waals surface area (Å²) in [6.07, 6.45) is -0.157. The topological polar surface area (TPSA) is 55.0 Å². The van der Waals surface area contributed by atoms with Crippen LogP contribution in [0.3, 0.4) is 0 Å². The average molecular weight is 323 g/mol. The third-order valence-electron chi connectivity index (χ3n) is 2.55. The van der Waals surface area contributed by atoms with Gasteiger partial charge in [0.15, 0.2) is 5.69 Å². The number of aryl methyl sites for hydroxylation is 1. The van der Waals surface area contributed by atoms with Crippen molar-refractivity contribution in [3.8, 4) is 11.4 Å². The van der Waals surface area contributed by atoms with Gasteiger partial charge in [-0.1, -0.05) is 34.1 Å². The average Bonchev–Trinajstić information content (AvgIpc) is 2.71. The number of imidazole rings is 1. The summed E-state index contributed by atoms with van der Waals surface area (Å²) in [4.78, 5) is 19.3. The number of hydrogen-bond donors (Lipinski definition) is 1. The molecule has 1 heterocycles. The Balaban J connectivity index is 2.37. The highest BCUT2D eigenvalue weighted by Crippen LogP contribution is 2.26. The highest BCUT2D eigenvalue weighted by molar-refractivity contribution is 9.10. The Hall–Kier alpha value is -1.62. The zero-order valence-corrected chi connectivity index (χ0v) is 12.6. The molecule has 4 nitrogen and oxygen atoms in total. The number of nitrogens with zero attached hydrogens (tertiary/aromatic N) is 1. The molecule has 1 N–H and O–H groups in total. The lowest BCUT2D eigenvalue weighted by Gasteiger charge is -2.05. The summed E-state index contributed by atoms with van der Waals surface area (Å²) in [6.45, 7) is 5.44. The molecule has 0 aliphatic rings. The van der Waals surface area contributed by atoms with Crippen LogP contribution in [0, 0.1) is 6.92 Å². The number of rotatable bonds is 3. The minimum absolute atomic E-state index is 0.157. The Labute approximate surface area is 120 Å². The fourth-order valence-electron chi connectivity index (χ4n) is 1.71. The molecule has 0 bridgehead atoms. The first-order valence-corrected chi connectivity index (χ1v) is 6.81. The van der Waals surface area contributed by atoms with Crippen LogP contribution < -0.4 is 0 Å². The molecule has 0 unspecified atom stereocenters. The fourth-order valence-corrected chi connectivity index (χ4v) is 2.18. The highest BCUT2D eigenvalue weighted by atomic mass is 79.9. The number of nitrogens with one attached hydrogen (secondary N) is 1. The number of aromatic amines is 1. The van der Waals surface area contributed by atoms with Crippen LogP contribution in [0.1, 0.15) is 30.0 Å². The number of esters is 1. The van der Waals surface area contributed by atoms with E-state index < -0.39 is 5.97 Å². The van der Waals surface area contributed by atoms with Gasteiger partial charge < -0.3 is 9.72 Å². The lowest BCUT2D eigenvalue weighted by atomic mass is 10.2. The third-order valence-corrected chi connectivity index (χ3v) is 3.24. The lowest BCUT2D eigenvalue weighted by molar-refractivity contribution is 0.0370. The Bertz CT molecular complexity index is 605. The van der Waals surface area contributed by atoms with Crippen LogP contribution in [0.4, 0.5) is 0 Å². The van der Waals surface area contributed by atoms with Gasteiger partial charge >= 0.3 is 5.97 Å². The molecule has 1 aromatic heterocycles. The predicted octanol–water partition coefficient (Wildman–Crippen LogP) is 3.71. The maximum absolute atomic E-state index is 11.9. The van der Waals surface area contributed by atoms with E-state index in [4.69, 9.17) is 4.74 Å². The molecule has 0 atom stereocenters. The Morgan fingerprint density at radius 3 is 2.68 bits per heavy atom. The van der Waals surface area contributed by atoms with Gasteiger partial charge in [-0.25, -0.2) is 9.78 Å². The van der Waals surface area contributed by atoms with Gasteiger partial charge in [-0.3, -0.25) is 0 Å². The number of benzene rings is 1. The number of H-pyrrole nitrogens is 1. The van der Waals surface area contributed by atoms with Crippen molar-refractivity contribution in [3.63, 3.8) is 0 Å². The molecular weight excluding hydrogens is 308 g/mol. The van der Waals surface area contributed by atoms with Crippen LogP contribution >= 0.6 is 15.9 Å². The molecule has 0 aliphatic heterocycles. The van der Waals surface area contributed by atoms with Gasteiger partial charge in [-0.05, 0) is 26.8 Å². The van der Waals surface area contributed by atoms with Crippen LogP contribution in [0.5, 0.6) is 0 Å². The largest absolute Gasteiger partial charge is 0.458 e. The summed E-state index contributed by atoms with van der Waals surface area (Å²) in [6, 6.07) is 7.71. The van der Waals surface area contributed by atoms with Gasteiger partial charge in [0.1, 0.15) is 5.82 Å². The normalized spacial score (nSPS) is 10.8. The van der Waals surface area contributed by atoms with Crippen molar-refractivity contribution in [2.75, 3.05) is 0 Å². The van der Waals surface area contributed by atoms with E-state index >= 15 is 0 Å².